The van der Waals surface area contributed by atoms with E-state index in [1.165, 1.54) is 18.2 Å². The molecule has 0 amide bonds. The minimum atomic E-state index is -0.686. The zero-order valence-electron chi connectivity index (χ0n) is 8.59. The Morgan fingerprint density at radius 3 is 2.82 bits per heavy atom. The monoisotopic (exact) mass is 257 g/mol. The highest BCUT2D eigenvalue weighted by Crippen LogP contribution is 2.30. The Kier molecular flexibility index (Phi) is 3.14. The van der Waals surface area contributed by atoms with Crippen molar-refractivity contribution in [1.29, 1.82) is 0 Å². The number of nitro groups is 1. The SMILES string of the molecule is O=C1OCC[C@@H]1Oc1ccc([N+](=O)[O-])cc1Cl. The summed E-state index contributed by atoms with van der Waals surface area (Å²) in [6.07, 6.45) is -0.236. The fourth-order valence-corrected chi connectivity index (χ4v) is 1.66. The van der Waals surface area contributed by atoms with Crippen LogP contribution in [0.4, 0.5) is 5.69 Å². The summed E-state index contributed by atoms with van der Waals surface area (Å²) in [6, 6.07) is 3.81. The first-order valence-electron chi connectivity index (χ1n) is 4.85. The van der Waals surface area contributed by atoms with Gasteiger partial charge in [0.25, 0.3) is 5.69 Å². The van der Waals surface area contributed by atoms with Crippen LogP contribution < -0.4 is 4.74 Å². The lowest BCUT2D eigenvalue weighted by molar-refractivity contribution is -0.384. The van der Waals surface area contributed by atoms with E-state index in [-0.39, 0.29) is 16.5 Å². The van der Waals surface area contributed by atoms with Crippen LogP contribution in [0, 0.1) is 10.1 Å². The summed E-state index contributed by atoms with van der Waals surface area (Å²) >= 11 is 5.82. The Morgan fingerprint density at radius 2 is 2.29 bits per heavy atom. The molecule has 1 heterocycles. The molecule has 90 valence electrons. The molecule has 1 fully saturated rings. The molecule has 1 saturated heterocycles. The second-order valence-corrected chi connectivity index (χ2v) is 3.84. The van der Waals surface area contributed by atoms with Gasteiger partial charge in [0.1, 0.15) is 5.75 Å². The summed E-state index contributed by atoms with van der Waals surface area (Å²) in [4.78, 5) is 21.1. The van der Waals surface area contributed by atoms with E-state index in [1.54, 1.807) is 0 Å². The highest BCUT2D eigenvalue weighted by Gasteiger charge is 2.29. The van der Waals surface area contributed by atoms with Crippen molar-refractivity contribution in [3.63, 3.8) is 0 Å². The van der Waals surface area contributed by atoms with Gasteiger partial charge in [-0.15, -0.1) is 0 Å². The first-order chi connectivity index (χ1) is 8.08. The summed E-state index contributed by atoms with van der Waals surface area (Å²) in [5.74, 6) is -0.208. The Hall–Kier alpha value is -1.82. The maximum atomic E-state index is 11.2. The van der Waals surface area contributed by atoms with E-state index >= 15 is 0 Å². The predicted molar refractivity (Wildman–Crippen MR) is 58.1 cm³/mol. The number of hydrogen-bond acceptors (Lipinski definition) is 5. The van der Waals surface area contributed by atoms with E-state index in [0.29, 0.717) is 13.0 Å². The summed E-state index contributed by atoms with van der Waals surface area (Å²) in [5, 5.41) is 10.6. The molecule has 7 heteroatoms. The van der Waals surface area contributed by atoms with Crippen molar-refractivity contribution < 1.29 is 19.2 Å². The van der Waals surface area contributed by atoms with Gasteiger partial charge in [0.15, 0.2) is 6.10 Å². The summed E-state index contributed by atoms with van der Waals surface area (Å²) in [5.41, 5.74) is -0.128. The van der Waals surface area contributed by atoms with E-state index in [2.05, 4.69) is 0 Å². The average Bonchev–Trinajstić information content (AvgIpc) is 2.67. The van der Waals surface area contributed by atoms with E-state index in [9.17, 15) is 14.9 Å². The Labute approximate surface area is 101 Å². The number of ether oxygens (including phenoxy) is 2. The number of cyclic esters (lactones) is 1. The number of benzene rings is 1. The third-order valence-electron chi connectivity index (χ3n) is 2.28. The topological polar surface area (TPSA) is 78.7 Å². The number of rotatable bonds is 3. The Balaban J connectivity index is 2.16. The number of carbonyl (C=O) groups excluding carboxylic acids is 1. The van der Waals surface area contributed by atoms with Crippen molar-refractivity contribution in [2.24, 2.45) is 0 Å². The zero-order valence-corrected chi connectivity index (χ0v) is 9.35. The predicted octanol–water partition coefficient (Wildman–Crippen LogP) is 1.94. The van der Waals surface area contributed by atoms with Gasteiger partial charge < -0.3 is 9.47 Å². The van der Waals surface area contributed by atoms with Gasteiger partial charge in [0.05, 0.1) is 16.6 Å². The average molecular weight is 258 g/mol. The number of carbonyl (C=O) groups is 1. The van der Waals surface area contributed by atoms with Gasteiger partial charge >= 0.3 is 5.97 Å². The molecular weight excluding hydrogens is 250 g/mol. The van der Waals surface area contributed by atoms with E-state index in [4.69, 9.17) is 21.1 Å². The normalized spacial score (nSPS) is 18.9. The zero-order chi connectivity index (χ0) is 12.4. The van der Waals surface area contributed by atoms with Gasteiger partial charge in [0.2, 0.25) is 0 Å². The van der Waals surface area contributed by atoms with Gasteiger partial charge in [0, 0.05) is 18.6 Å². The first kappa shape index (κ1) is 11.7. The largest absolute Gasteiger partial charge is 0.477 e. The molecule has 0 N–H and O–H groups in total. The van der Waals surface area contributed by atoms with Crippen LogP contribution in [0.5, 0.6) is 5.75 Å². The number of hydrogen-bond donors (Lipinski definition) is 0. The Bertz CT molecular complexity index is 476. The van der Waals surface area contributed by atoms with Crippen LogP contribution in [0.1, 0.15) is 6.42 Å². The smallest absolute Gasteiger partial charge is 0.347 e. The molecular formula is C10H8ClNO5. The van der Waals surface area contributed by atoms with E-state index in [1.807, 2.05) is 0 Å². The summed E-state index contributed by atoms with van der Waals surface area (Å²) in [6.45, 7) is 0.314. The van der Waals surface area contributed by atoms with Crippen LogP contribution >= 0.6 is 11.6 Å². The minimum absolute atomic E-state index is 0.0962. The molecule has 0 spiro atoms. The third kappa shape index (κ3) is 2.47. The Morgan fingerprint density at radius 1 is 1.53 bits per heavy atom. The van der Waals surface area contributed by atoms with Gasteiger partial charge in [-0.2, -0.15) is 0 Å². The number of halogens is 1. The molecule has 1 aromatic carbocycles. The lowest BCUT2D eigenvalue weighted by atomic mass is 10.3. The highest BCUT2D eigenvalue weighted by molar-refractivity contribution is 6.32. The molecule has 0 radical (unpaired) electrons. The molecule has 17 heavy (non-hydrogen) atoms. The lowest BCUT2D eigenvalue weighted by Gasteiger charge is -2.10. The van der Waals surface area contributed by atoms with Crippen molar-refractivity contribution in [3.8, 4) is 5.75 Å². The second-order valence-electron chi connectivity index (χ2n) is 3.43. The fraction of sp³-hybridized carbons (Fsp3) is 0.300. The van der Waals surface area contributed by atoms with Gasteiger partial charge in [-0.3, -0.25) is 10.1 Å². The third-order valence-corrected chi connectivity index (χ3v) is 2.58. The molecule has 0 bridgehead atoms. The molecule has 1 aliphatic heterocycles. The van der Waals surface area contributed by atoms with Crippen molar-refractivity contribution >= 4 is 23.3 Å². The molecule has 0 aliphatic carbocycles. The van der Waals surface area contributed by atoms with E-state index < -0.39 is 17.0 Å². The van der Waals surface area contributed by atoms with Gasteiger partial charge in [-0.1, -0.05) is 11.6 Å². The highest BCUT2D eigenvalue weighted by atomic mass is 35.5. The second kappa shape index (κ2) is 4.58. The van der Waals surface area contributed by atoms with Gasteiger partial charge in [-0.25, -0.2) is 4.79 Å². The van der Waals surface area contributed by atoms with Crippen LogP contribution in [0.2, 0.25) is 5.02 Å². The number of nitro benzene ring substituents is 1. The van der Waals surface area contributed by atoms with Crippen molar-refractivity contribution in [1.82, 2.24) is 0 Å². The fourth-order valence-electron chi connectivity index (χ4n) is 1.44. The lowest BCUT2D eigenvalue weighted by Crippen LogP contribution is -2.21. The van der Waals surface area contributed by atoms with Crippen LogP contribution in [0.3, 0.4) is 0 Å². The van der Waals surface area contributed by atoms with E-state index in [0.717, 1.165) is 0 Å². The number of nitrogens with zero attached hydrogens (tertiary/aromatic N) is 1. The maximum absolute atomic E-state index is 11.2. The van der Waals surface area contributed by atoms with Crippen LogP contribution in [0.25, 0.3) is 0 Å². The number of esters is 1. The molecule has 0 unspecified atom stereocenters. The van der Waals surface area contributed by atoms with Crippen molar-refractivity contribution in [3.05, 3.63) is 33.3 Å². The van der Waals surface area contributed by atoms with Gasteiger partial charge in [-0.05, 0) is 6.07 Å². The molecule has 1 aliphatic rings. The quantitative estimate of drug-likeness (QED) is 0.470. The molecule has 0 aromatic heterocycles. The minimum Gasteiger partial charge on any atom is -0.477 e. The van der Waals surface area contributed by atoms with Crippen molar-refractivity contribution in [2.75, 3.05) is 6.61 Å². The number of non-ortho nitro benzene ring substituents is 1. The molecule has 1 aromatic rings. The molecule has 2 rings (SSSR count). The molecule has 1 atom stereocenters. The van der Waals surface area contributed by atoms with Crippen LogP contribution in [-0.2, 0) is 9.53 Å². The van der Waals surface area contributed by atoms with Crippen molar-refractivity contribution in [2.45, 2.75) is 12.5 Å². The first-order valence-corrected chi connectivity index (χ1v) is 5.23. The van der Waals surface area contributed by atoms with Crippen LogP contribution in [0.15, 0.2) is 18.2 Å². The van der Waals surface area contributed by atoms with Crippen LogP contribution in [-0.4, -0.2) is 23.6 Å². The molecule has 0 saturated carbocycles. The summed E-state index contributed by atoms with van der Waals surface area (Å²) in [7, 11) is 0. The maximum Gasteiger partial charge on any atom is 0.347 e. The standard InChI is InChI=1S/C10H8ClNO5/c11-7-5-6(12(14)15)1-2-8(7)17-9-3-4-16-10(9)13/h1-2,5,9H,3-4H2/t9-/m0/s1. The summed E-state index contributed by atoms with van der Waals surface area (Å²) < 4.78 is 10.0. The molecule has 6 nitrogen and oxygen atoms in total.